The van der Waals surface area contributed by atoms with Gasteiger partial charge in [0.1, 0.15) is 11.9 Å². The Morgan fingerprint density at radius 2 is 1.95 bits per heavy atom. The largest absolute Gasteiger partial charge is 0.485 e. The van der Waals surface area contributed by atoms with Crippen molar-refractivity contribution < 1.29 is 9.84 Å². The Morgan fingerprint density at radius 3 is 2.90 bits per heavy atom. The molecule has 21 heavy (non-hydrogen) atoms. The van der Waals surface area contributed by atoms with Crippen LogP contribution in [0.15, 0.2) is 60.8 Å². The summed E-state index contributed by atoms with van der Waals surface area (Å²) in [6.07, 6.45) is 1.76. The second kappa shape index (κ2) is 4.86. The summed E-state index contributed by atoms with van der Waals surface area (Å²) in [7, 11) is 0. The zero-order chi connectivity index (χ0) is 14.2. The molecule has 2 atom stereocenters. The first kappa shape index (κ1) is 12.4. The lowest BCUT2D eigenvalue weighted by atomic mass is 9.94. The number of benzene rings is 2. The minimum absolute atomic E-state index is 0.125. The number of rotatable bonds is 1. The fourth-order valence-corrected chi connectivity index (χ4v) is 2.89. The molecule has 104 valence electrons. The molecule has 0 aliphatic carbocycles. The van der Waals surface area contributed by atoms with Gasteiger partial charge in [-0.3, -0.25) is 4.98 Å². The van der Waals surface area contributed by atoms with Crippen LogP contribution < -0.4 is 4.74 Å². The predicted octanol–water partition coefficient (Wildman–Crippen LogP) is 3.79. The van der Waals surface area contributed by atoms with E-state index >= 15 is 0 Å². The van der Waals surface area contributed by atoms with Crippen molar-refractivity contribution in [3.05, 3.63) is 71.9 Å². The van der Waals surface area contributed by atoms with E-state index in [1.54, 1.807) is 6.20 Å². The van der Waals surface area contributed by atoms with Crippen molar-refractivity contribution in [3.63, 3.8) is 0 Å². The van der Waals surface area contributed by atoms with Crippen LogP contribution in [0.2, 0.25) is 0 Å². The van der Waals surface area contributed by atoms with E-state index in [2.05, 4.69) is 11.1 Å². The molecule has 0 spiro atoms. The van der Waals surface area contributed by atoms with Crippen LogP contribution in [0.5, 0.6) is 5.75 Å². The van der Waals surface area contributed by atoms with Gasteiger partial charge in [0.25, 0.3) is 0 Å². The van der Waals surface area contributed by atoms with Crippen molar-refractivity contribution in [3.8, 4) is 5.75 Å². The van der Waals surface area contributed by atoms with E-state index in [0.717, 1.165) is 27.8 Å². The second-order valence-electron chi connectivity index (χ2n) is 5.35. The highest BCUT2D eigenvalue weighted by molar-refractivity contribution is 5.79. The monoisotopic (exact) mass is 277 g/mol. The molecule has 1 N–H and O–H groups in total. The summed E-state index contributed by atoms with van der Waals surface area (Å²) in [5, 5.41) is 11.4. The third-order valence-electron chi connectivity index (χ3n) is 3.98. The van der Waals surface area contributed by atoms with Gasteiger partial charge in [-0.05, 0) is 29.8 Å². The highest BCUT2D eigenvalue weighted by Crippen LogP contribution is 2.40. The SMILES string of the molecule is O[C@H]1CC(c2ccc3ncccc3c2)Oc2ccccc21. The molecule has 0 radical (unpaired) electrons. The third kappa shape index (κ3) is 2.16. The van der Waals surface area contributed by atoms with Gasteiger partial charge in [-0.25, -0.2) is 0 Å². The van der Waals surface area contributed by atoms with Gasteiger partial charge in [0.2, 0.25) is 0 Å². The van der Waals surface area contributed by atoms with E-state index in [1.807, 2.05) is 48.5 Å². The van der Waals surface area contributed by atoms with E-state index in [0.29, 0.717) is 6.42 Å². The van der Waals surface area contributed by atoms with Gasteiger partial charge in [0.05, 0.1) is 11.6 Å². The molecule has 1 aliphatic heterocycles. The molecule has 0 bridgehead atoms. The third-order valence-corrected chi connectivity index (χ3v) is 3.98. The molecule has 0 saturated heterocycles. The van der Waals surface area contributed by atoms with Crippen molar-refractivity contribution in [1.82, 2.24) is 4.98 Å². The summed E-state index contributed by atoms with van der Waals surface area (Å²) in [5.41, 5.74) is 2.92. The molecule has 1 unspecified atom stereocenters. The molecule has 0 amide bonds. The fraction of sp³-hybridized carbons (Fsp3) is 0.167. The number of hydrogen-bond donors (Lipinski definition) is 1. The van der Waals surface area contributed by atoms with Crippen molar-refractivity contribution in [2.24, 2.45) is 0 Å². The Kier molecular flexibility index (Phi) is 2.86. The quantitative estimate of drug-likeness (QED) is 0.735. The first-order valence-electron chi connectivity index (χ1n) is 7.09. The van der Waals surface area contributed by atoms with Crippen LogP contribution in [0.3, 0.4) is 0 Å². The Hall–Kier alpha value is -2.39. The lowest BCUT2D eigenvalue weighted by Crippen LogP contribution is -2.18. The number of nitrogens with zero attached hydrogens (tertiary/aromatic N) is 1. The first-order chi connectivity index (χ1) is 10.3. The summed E-state index contributed by atoms with van der Waals surface area (Å²) in [4.78, 5) is 4.33. The zero-order valence-corrected chi connectivity index (χ0v) is 11.4. The maximum absolute atomic E-state index is 10.3. The Bertz CT molecular complexity index is 800. The van der Waals surface area contributed by atoms with Crippen LogP contribution in [0.4, 0.5) is 0 Å². The summed E-state index contributed by atoms with van der Waals surface area (Å²) >= 11 is 0. The molecule has 2 aromatic carbocycles. The van der Waals surface area contributed by atoms with E-state index < -0.39 is 6.10 Å². The number of hydrogen-bond acceptors (Lipinski definition) is 3. The Morgan fingerprint density at radius 1 is 1.05 bits per heavy atom. The number of aliphatic hydroxyl groups is 1. The molecule has 1 aliphatic rings. The maximum Gasteiger partial charge on any atom is 0.127 e. The zero-order valence-electron chi connectivity index (χ0n) is 11.4. The fourth-order valence-electron chi connectivity index (χ4n) is 2.89. The standard InChI is InChI=1S/C18H15NO2/c20-16-11-18(21-17-6-2-1-5-14(16)17)13-7-8-15-12(10-13)4-3-9-19-15/h1-10,16,18,20H,11H2/t16-,18?/m0/s1. The topological polar surface area (TPSA) is 42.4 Å². The van der Waals surface area contributed by atoms with Crippen LogP contribution in [-0.2, 0) is 0 Å². The summed E-state index contributed by atoms with van der Waals surface area (Å²) in [5.74, 6) is 0.771. The minimum atomic E-state index is -0.482. The van der Waals surface area contributed by atoms with Gasteiger partial charge in [-0.15, -0.1) is 0 Å². The average molecular weight is 277 g/mol. The van der Waals surface area contributed by atoms with Crippen molar-refractivity contribution in [2.45, 2.75) is 18.6 Å². The molecule has 1 aromatic heterocycles. The molecular formula is C18H15NO2. The van der Waals surface area contributed by atoms with E-state index in [9.17, 15) is 5.11 Å². The predicted molar refractivity (Wildman–Crippen MR) is 81.1 cm³/mol. The molecule has 3 aromatic rings. The van der Waals surface area contributed by atoms with Gasteiger partial charge in [-0.1, -0.05) is 30.3 Å². The van der Waals surface area contributed by atoms with Gasteiger partial charge >= 0.3 is 0 Å². The highest BCUT2D eigenvalue weighted by atomic mass is 16.5. The summed E-state index contributed by atoms with van der Waals surface area (Å²) in [6.45, 7) is 0. The number of aromatic nitrogens is 1. The first-order valence-corrected chi connectivity index (χ1v) is 7.09. The average Bonchev–Trinajstić information content (AvgIpc) is 2.54. The van der Waals surface area contributed by atoms with Crippen molar-refractivity contribution in [1.29, 1.82) is 0 Å². The van der Waals surface area contributed by atoms with Crippen LogP contribution >= 0.6 is 0 Å². The summed E-state index contributed by atoms with van der Waals surface area (Å²) in [6, 6.07) is 17.8. The molecule has 0 fully saturated rings. The van der Waals surface area contributed by atoms with E-state index in [1.165, 1.54) is 0 Å². The smallest absolute Gasteiger partial charge is 0.127 e. The van der Waals surface area contributed by atoms with Crippen LogP contribution in [-0.4, -0.2) is 10.1 Å². The summed E-state index contributed by atoms with van der Waals surface area (Å²) < 4.78 is 6.06. The van der Waals surface area contributed by atoms with Crippen LogP contribution in [0.1, 0.15) is 29.8 Å². The van der Waals surface area contributed by atoms with Crippen molar-refractivity contribution >= 4 is 10.9 Å². The Labute approximate surface area is 122 Å². The lowest BCUT2D eigenvalue weighted by Gasteiger charge is -2.30. The molecule has 2 heterocycles. The normalized spacial score (nSPS) is 20.8. The van der Waals surface area contributed by atoms with Gasteiger partial charge in [-0.2, -0.15) is 0 Å². The van der Waals surface area contributed by atoms with Crippen LogP contribution in [0.25, 0.3) is 10.9 Å². The van der Waals surface area contributed by atoms with Gasteiger partial charge in [0, 0.05) is 23.6 Å². The van der Waals surface area contributed by atoms with E-state index in [-0.39, 0.29) is 6.10 Å². The number of fused-ring (bicyclic) bond motifs is 2. The number of pyridine rings is 1. The van der Waals surface area contributed by atoms with Crippen molar-refractivity contribution in [2.75, 3.05) is 0 Å². The Balaban J connectivity index is 1.73. The van der Waals surface area contributed by atoms with Gasteiger partial charge < -0.3 is 9.84 Å². The van der Waals surface area contributed by atoms with Crippen LogP contribution in [0, 0.1) is 0 Å². The van der Waals surface area contributed by atoms with Gasteiger partial charge in [0.15, 0.2) is 0 Å². The molecule has 3 heteroatoms. The maximum atomic E-state index is 10.3. The second-order valence-corrected chi connectivity index (χ2v) is 5.35. The molecule has 4 rings (SSSR count). The minimum Gasteiger partial charge on any atom is -0.485 e. The molecule has 0 saturated carbocycles. The lowest BCUT2D eigenvalue weighted by molar-refractivity contribution is 0.0658. The van der Waals surface area contributed by atoms with E-state index in [4.69, 9.17) is 4.74 Å². The number of ether oxygens (including phenoxy) is 1. The number of para-hydroxylation sites is 1. The highest BCUT2D eigenvalue weighted by Gasteiger charge is 2.27. The number of aliphatic hydroxyl groups excluding tert-OH is 1. The molecule has 3 nitrogen and oxygen atoms in total. The molecular weight excluding hydrogens is 262 g/mol.